The lowest BCUT2D eigenvalue weighted by molar-refractivity contribution is -0.125. The molecule has 1 aliphatic heterocycles. The van der Waals surface area contributed by atoms with Crippen molar-refractivity contribution in [2.45, 2.75) is 45.1 Å². The van der Waals surface area contributed by atoms with Crippen molar-refractivity contribution in [1.82, 2.24) is 10.2 Å². The third kappa shape index (κ3) is 3.62. The summed E-state index contributed by atoms with van der Waals surface area (Å²) in [6.07, 6.45) is 1.85. The van der Waals surface area contributed by atoms with Crippen LogP contribution in [0.4, 0.5) is 5.13 Å². The van der Waals surface area contributed by atoms with Crippen molar-refractivity contribution in [2.24, 2.45) is 5.16 Å². The van der Waals surface area contributed by atoms with Crippen LogP contribution in [0.1, 0.15) is 49.6 Å². The molecule has 6 nitrogen and oxygen atoms in total. The highest BCUT2D eigenvalue weighted by Crippen LogP contribution is 2.28. The van der Waals surface area contributed by atoms with E-state index in [2.05, 4.69) is 34.5 Å². The average molecular weight is 344 g/mol. The molecule has 126 valence electrons. The molecule has 1 aromatic heterocycles. The first-order valence-corrected chi connectivity index (χ1v) is 8.95. The second-order valence-electron chi connectivity index (χ2n) is 5.65. The van der Waals surface area contributed by atoms with Crippen molar-refractivity contribution < 1.29 is 9.63 Å². The molecule has 0 saturated carbocycles. The number of carbonyl (C=O) groups excluding carboxylic acids is 1. The van der Waals surface area contributed by atoms with E-state index in [9.17, 15) is 4.79 Å². The Hall–Kier alpha value is -2.28. The number of oxime groups is 1. The minimum Gasteiger partial charge on any atom is -0.382 e. The van der Waals surface area contributed by atoms with Gasteiger partial charge in [-0.05, 0) is 18.4 Å². The maximum Gasteiger partial charge on any atom is 0.270 e. The topological polar surface area (TPSA) is 76.5 Å². The Morgan fingerprint density at radius 3 is 2.75 bits per heavy atom. The van der Waals surface area contributed by atoms with E-state index in [0.29, 0.717) is 17.5 Å². The van der Waals surface area contributed by atoms with Gasteiger partial charge in [-0.3, -0.25) is 10.1 Å². The minimum absolute atomic E-state index is 0.239. The van der Waals surface area contributed by atoms with Crippen molar-refractivity contribution in [1.29, 1.82) is 0 Å². The van der Waals surface area contributed by atoms with Crippen LogP contribution in [-0.4, -0.2) is 27.9 Å². The summed E-state index contributed by atoms with van der Waals surface area (Å²) in [5, 5.41) is 16.5. The van der Waals surface area contributed by atoms with Gasteiger partial charge in [-0.2, -0.15) is 0 Å². The summed E-state index contributed by atoms with van der Waals surface area (Å²) >= 11 is 1.43. The molecule has 1 N–H and O–H groups in total. The Balaban J connectivity index is 1.59. The molecule has 24 heavy (non-hydrogen) atoms. The van der Waals surface area contributed by atoms with Gasteiger partial charge in [-0.25, -0.2) is 0 Å². The molecule has 0 aliphatic carbocycles. The fourth-order valence-corrected chi connectivity index (χ4v) is 3.61. The normalized spacial score (nSPS) is 16.8. The number of aromatic nitrogens is 2. The van der Waals surface area contributed by atoms with Gasteiger partial charge in [0.1, 0.15) is 5.01 Å². The van der Waals surface area contributed by atoms with Gasteiger partial charge in [0, 0.05) is 12.3 Å². The number of hydrogen-bond acceptors (Lipinski definition) is 6. The minimum atomic E-state index is -0.624. The van der Waals surface area contributed by atoms with Crippen LogP contribution in [0.3, 0.4) is 0 Å². The summed E-state index contributed by atoms with van der Waals surface area (Å²) in [5.41, 5.74) is 1.76. The van der Waals surface area contributed by atoms with Crippen LogP contribution in [0.25, 0.3) is 0 Å². The van der Waals surface area contributed by atoms with E-state index in [1.807, 2.05) is 30.3 Å². The molecule has 0 fully saturated rings. The lowest BCUT2D eigenvalue weighted by Crippen LogP contribution is -2.28. The first-order valence-electron chi connectivity index (χ1n) is 8.13. The summed E-state index contributed by atoms with van der Waals surface area (Å²) in [7, 11) is 0. The smallest absolute Gasteiger partial charge is 0.270 e. The zero-order valence-corrected chi connectivity index (χ0v) is 14.5. The molecule has 0 radical (unpaired) electrons. The lowest BCUT2D eigenvalue weighted by Gasteiger charge is -2.07. The van der Waals surface area contributed by atoms with E-state index in [1.165, 1.54) is 11.3 Å². The molecule has 3 rings (SSSR count). The lowest BCUT2D eigenvalue weighted by atomic mass is 10.1. The number of rotatable bonds is 6. The van der Waals surface area contributed by atoms with Crippen LogP contribution in [-0.2, 0) is 9.63 Å². The van der Waals surface area contributed by atoms with Crippen molar-refractivity contribution in [3.63, 3.8) is 0 Å². The quantitative estimate of drug-likeness (QED) is 0.869. The third-order valence-electron chi connectivity index (χ3n) is 4.07. The molecular weight excluding hydrogens is 324 g/mol. The van der Waals surface area contributed by atoms with E-state index in [0.717, 1.165) is 29.1 Å². The molecule has 1 atom stereocenters. The number of nitrogens with one attached hydrogen (secondary N) is 1. The van der Waals surface area contributed by atoms with E-state index >= 15 is 0 Å². The van der Waals surface area contributed by atoms with Gasteiger partial charge < -0.3 is 4.84 Å². The van der Waals surface area contributed by atoms with Gasteiger partial charge in [0.25, 0.3) is 5.91 Å². The molecule has 1 aromatic carbocycles. The van der Waals surface area contributed by atoms with Crippen molar-refractivity contribution in [3.8, 4) is 0 Å². The summed E-state index contributed by atoms with van der Waals surface area (Å²) in [6, 6.07) is 9.72. The zero-order chi connectivity index (χ0) is 16.9. The fraction of sp³-hybridized carbons (Fsp3) is 0.412. The number of benzene rings is 1. The monoisotopic (exact) mass is 344 g/mol. The highest BCUT2D eigenvalue weighted by Gasteiger charge is 2.29. The first-order chi connectivity index (χ1) is 11.7. The van der Waals surface area contributed by atoms with Crippen LogP contribution in [0.15, 0.2) is 35.5 Å². The van der Waals surface area contributed by atoms with Gasteiger partial charge in [0.2, 0.25) is 11.2 Å². The molecule has 1 aliphatic rings. The molecule has 7 heteroatoms. The van der Waals surface area contributed by atoms with Crippen LogP contribution >= 0.6 is 11.3 Å². The molecular formula is C17H20N4O2S. The van der Waals surface area contributed by atoms with E-state index < -0.39 is 6.10 Å². The molecule has 2 heterocycles. The van der Waals surface area contributed by atoms with E-state index in [4.69, 9.17) is 4.84 Å². The second-order valence-corrected chi connectivity index (χ2v) is 6.66. The number of anilines is 1. The maximum absolute atomic E-state index is 12.3. The van der Waals surface area contributed by atoms with Crippen LogP contribution in [0.5, 0.6) is 0 Å². The Morgan fingerprint density at radius 2 is 2.04 bits per heavy atom. The van der Waals surface area contributed by atoms with Crippen LogP contribution < -0.4 is 5.32 Å². The Kier molecular flexibility index (Phi) is 5.20. The van der Waals surface area contributed by atoms with Crippen molar-refractivity contribution >= 4 is 28.1 Å². The molecule has 0 unspecified atom stereocenters. The van der Waals surface area contributed by atoms with Gasteiger partial charge in [0.05, 0.1) is 5.71 Å². The first kappa shape index (κ1) is 16.6. The van der Waals surface area contributed by atoms with Crippen molar-refractivity contribution in [3.05, 3.63) is 40.9 Å². The fourth-order valence-electron chi connectivity index (χ4n) is 2.59. The van der Waals surface area contributed by atoms with E-state index in [1.54, 1.807) is 0 Å². The standard InChI is InChI=1S/C17H20N4O2S/c1-3-11(4-2)16-19-20-17(24-16)18-15(22)14-10-13(21-23-14)12-8-6-5-7-9-12/h5-9,11,14H,3-4,10H2,1-2H3,(H,18,20,22)/t14-/m1/s1. The van der Waals surface area contributed by atoms with Gasteiger partial charge >= 0.3 is 0 Å². The highest BCUT2D eigenvalue weighted by molar-refractivity contribution is 7.15. The highest BCUT2D eigenvalue weighted by atomic mass is 32.1. The Bertz CT molecular complexity index is 725. The summed E-state index contributed by atoms with van der Waals surface area (Å²) in [6.45, 7) is 4.26. The third-order valence-corrected chi connectivity index (χ3v) is 5.08. The maximum atomic E-state index is 12.3. The summed E-state index contributed by atoms with van der Waals surface area (Å²) < 4.78 is 0. The van der Waals surface area contributed by atoms with Gasteiger partial charge in [-0.1, -0.05) is 60.7 Å². The predicted molar refractivity (Wildman–Crippen MR) is 94.3 cm³/mol. The summed E-state index contributed by atoms with van der Waals surface area (Å²) in [5.74, 6) is 0.154. The number of carbonyl (C=O) groups is 1. The molecule has 0 saturated heterocycles. The number of nitrogens with zero attached hydrogens (tertiary/aromatic N) is 3. The molecule has 0 spiro atoms. The molecule has 0 bridgehead atoms. The van der Waals surface area contributed by atoms with Crippen LogP contribution in [0, 0.1) is 0 Å². The number of hydrogen-bond donors (Lipinski definition) is 1. The number of amides is 1. The Morgan fingerprint density at radius 1 is 1.29 bits per heavy atom. The van der Waals surface area contributed by atoms with Gasteiger partial charge in [0.15, 0.2) is 0 Å². The largest absolute Gasteiger partial charge is 0.382 e. The average Bonchev–Trinajstić information content (AvgIpc) is 3.27. The van der Waals surface area contributed by atoms with Crippen molar-refractivity contribution in [2.75, 3.05) is 5.32 Å². The summed E-state index contributed by atoms with van der Waals surface area (Å²) in [4.78, 5) is 17.6. The van der Waals surface area contributed by atoms with Gasteiger partial charge in [-0.15, -0.1) is 10.2 Å². The zero-order valence-electron chi connectivity index (χ0n) is 13.7. The molecule has 2 aromatic rings. The SMILES string of the molecule is CCC(CC)c1nnc(NC(=O)[C@H]2CC(c3ccccc3)=NO2)s1. The Labute approximate surface area is 144 Å². The molecule has 1 amide bonds. The predicted octanol–water partition coefficient (Wildman–Crippen LogP) is 3.57. The van der Waals surface area contributed by atoms with Crippen LogP contribution in [0.2, 0.25) is 0 Å². The second kappa shape index (κ2) is 7.53. The van der Waals surface area contributed by atoms with E-state index in [-0.39, 0.29) is 5.91 Å².